The number of carboxylic acids is 1. The molecular formula is C25H18BrCl2N3O4. The van der Waals surface area contributed by atoms with Crippen molar-refractivity contribution in [3.63, 3.8) is 0 Å². The summed E-state index contributed by atoms with van der Waals surface area (Å²) in [6.07, 6.45) is 1.99. The Morgan fingerprint density at radius 1 is 1.17 bits per heavy atom. The molecule has 0 aliphatic rings. The highest BCUT2D eigenvalue weighted by Gasteiger charge is 2.12. The molecule has 0 saturated carbocycles. The monoisotopic (exact) mass is 573 g/mol. The molecule has 1 aromatic heterocycles. The van der Waals surface area contributed by atoms with E-state index < -0.39 is 5.97 Å². The first-order valence-electron chi connectivity index (χ1n) is 10.5. The van der Waals surface area contributed by atoms with Crippen LogP contribution >= 0.6 is 39.1 Å². The van der Waals surface area contributed by atoms with Crippen LogP contribution in [0.1, 0.15) is 34.2 Å². The van der Waals surface area contributed by atoms with Gasteiger partial charge in [0.1, 0.15) is 12.4 Å². The van der Waals surface area contributed by atoms with Crippen molar-refractivity contribution < 1.29 is 14.6 Å². The Balaban J connectivity index is 1.61. The third-order valence-corrected chi connectivity index (χ3v) is 6.15. The molecular weight excluding hydrogens is 557 g/mol. The van der Waals surface area contributed by atoms with Gasteiger partial charge in [-0.3, -0.25) is 4.79 Å². The summed E-state index contributed by atoms with van der Waals surface area (Å²) in [7, 11) is 0. The molecule has 35 heavy (non-hydrogen) atoms. The number of aromatic carboxylic acids is 1. The van der Waals surface area contributed by atoms with Gasteiger partial charge in [-0.1, -0.05) is 58.2 Å². The molecule has 3 aromatic carbocycles. The minimum Gasteiger partial charge on any atom is -0.486 e. The van der Waals surface area contributed by atoms with Crippen LogP contribution in [0.4, 0.5) is 0 Å². The number of halogens is 3. The van der Waals surface area contributed by atoms with Gasteiger partial charge in [-0.25, -0.2) is 9.78 Å². The zero-order chi connectivity index (χ0) is 25.1. The summed E-state index contributed by atoms with van der Waals surface area (Å²) < 4.78 is 7.78. The number of benzene rings is 3. The van der Waals surface area contributed by atoms with Crippen LogP contribution in [0.25, 0.3) is 10.9 Å². The van der Waals surface area contributed by atoms with Crippen LogP contribution in [0.2, 0.25) is 10.0 Å². The van der Waals surface area contributed by atoms with E-state index in [-0.39, 0.29) is 33.5 Å². The Bertz CT molecular complexity index is 1510. The smallest absolute Gasteiger partial charge is 0.335 e. The van der Waals surface area contributed by atoms with Gasteiger partial charge >= 0.3 is 5.97 Å². The number of fused-ring (bicyclic) bond motifs is 1. The van der Waals surface area contributed by atoms with E-state index in [9.17, 15) is 9.59 Å². The number of hydrogen-bond acceptors (Lipinski definition) is 5. The second kappa shape index (κ2) is 10.6. The zero-order valence-corrected chi connectivity index (χ0v) is 21.4. The van der Waals surface area contributed by atoms with Crippen molar-refractivity contribution in [2.75, 3.05) is 0 Å². The predicted octanol–water partition coefficient (Wildman–Crippen LogP) is 6.19. The number of rotatable bonds is 7. The Morgan fingerprint density at radius 2 is 1.91 bits per heavy atom. The standard InChI is InChI=1S/C25H18BrCl2N3O4/c1-2-22-30-21-7-6-17(26)11-18(21)24(32)31(22)29-12-15-9-19(27)23(20(28)10-15)35-13-14-4-3-5-16(8-14)25(33)34/h3-12H,2,13H2,1H3,(H,33,34). The molecule has 0 saturated heterocycles. The molecule has 0 aliphatic carbocycles. The highest BCUT2D eigenvalue weighted by molar-refractivity contribution is 9.10. The molecule has 1 N–H and O–H groups in total. The maximum absolute atomic E-state index is 13.0. The molecule has 178 valence electrons. The van der Waals surface area contributed by atoms with Gasteiger partial charge in [-0.2, -0.15) is 9.78 Å². The fourth-order valence-corrected chi connectivity index (χ4v) is 4.38. The highest BCUT2D eigenvalue weighted by Crippen LogP contribution is 2.34. The SMILES string of the molecule is CCc1nc2ccc(Br)cc2c(=O)n1N=Cc1cc(Cl)c(OCc2cccc(C(=O)O)c2)c(Cl)c1. The van der Waals surface area contributed by atoms with Crippen LogP contribution in [0.5, 0.6) is 5.75 Å². The molecule has 0 unspecified atom stereocenters. The number of aromatic nitrogens is 2. The van der Waals surface area contributed by atoms with Gasteiger partial charge in [0.15, 0.2) is 5.75 Å². The summed E-state index contributed by atoms with van der Waals surface area (Å²) in [5.74, 6) is -0.247. The van der Waals surface area contributed by atoms with Crippen molar-refractivity contribution in [3.8, 4) is 5.75 Å². The topological polar surface area (TPSA) is 93.8 Å². The van der Waals surface area contributed by atoms with E-state index >= 15 is 0 Å². The summed E-state index contributed by atoms with van der Waals surface area (Å²) in [5, 5.41) is 14.4. The second-order valence-electron chi connectivity index (χ2n) is 7.51. The van der Waals surface area contributed by atoms with Crippen LogP contribution in [0.15, 0.2) is 69.0 Å². The molecule has 0 fully saturated rings. The minimum atomic E-state index is -1.02. The van der Waals surface area contributed by atoms with Crippen LogP contribution in [0, 0.1) is 0 Å². The van der Waals surface area contributed by atoms with Gasteiger partial charge in [-0.15, -0.1) is 0 Å². The quantitative estimate of drug-likeness (QED) is 0.266. The number of carbonyl (C=O) groups is 1. The summed E-state index contributed by atoms with van der Waals surface area (Å²) in [6, 6.07) is 14.9. The van der Waals surface area contributed by atoms with Crippen LogP contribution in [0.3, 0.4) is 0 Å². The molecule has 4 rings (SSSR count). The first-order chi connectivity index (χ1) is 16.8. The van der Waals surface area contributed by atoms with Gasteiger partial charge in [0.2, 0.25) is 0 Å². The Kier molecular flexibility index (Phi) is 7.54. The number of aryl methyl sites for hydroxylation is 1. The van der Waals surface area contributed by atoms with E-state index in [0.717, 1.165) is 4.47 Å². The average molecular weight is 575 g/mol. The lowest BCUT2D eigenvalue weighted by molar-refractivity contribution is 0.0696. The van der Waals surface area contributed by atoms with Crippen molar-refractivity contribution in [2.45, 2.75) is 20.0 Å². The number of hydrogen-bond donors (Lipinski definition) is 1. The summed E-state index contributed by atoms with van der Waals surface area (Å²) in [6.45, 7) is 1.98. The summed E-state index contributed by atoms with van der Waals surface area (Å²) in [4.78, 5) is 28.7. The molecule has 0 bridgehead atoms. The minimum absolute atomic E-state index is 0.0849. The fraction of sp³-hybridized carbons (Fsp3) is 0.120. The fourth-order valence-electron chi connectivity index (χ4n) is 3.41. The Morgan fingerprint density at radius 3 is 2.60 bits per heavy atom. The van der Waals surface area contributed by atoms with Crippen molar-refractivity contribution in [3.05, 3.63) is 102 Å². The lowest BCUT2D eigenvalue weighted by atomic mass is 10.1. The Labute approximate surface area is 218 Å². The van der Waals surface area contributed by atoms with Gasteiger partial charge in [0.05, 0.1) is 32.7 Å². The molecule has 0 spiro atoms. The van der Waals surface area contributed by atoms with E-state index in [1.165, 1.54) is 23.0 Å². The largest absolute Gasteiger partial charge is 0.486 e. The maximum atomic E-state index is 13.0. The van der Waals surface area contributed by atoms with E-state index in [1.54, 1.807) is 36.4 Å². The lowest BCUT2D eigenvalue weighted by Crippen LogP contribution is -2.22. The van der Waals surface area contributed by atoms with E-state index in [4.69, 9.17) is 33.0 Å². The van der Waals surface area contributed by atoms with Crippen molar-refractivity contribution in [1.29, 1.82) is 0 Å². The van der Waals surface area contributed by atoms with Crippen LogP contribution in [-0.4, -0.2) is 27.0 Å². The number of nitrogens with zero attached hydrogens (tertiary/aromatic N) is 3. The maximum Gasteiger partial charge on any atom is 0.335 e. The normalized spacial score (nSPS) is 11.3. The van der Waals surface area contributed by atoms with Crippen LogP contribution < -0.4 is 10.3 Å². The molecule has 0 aliphatic heterocycles. The number of ether oxygens (including phenoxy) is 1. The predicted molar refractivity (Wildman–Crippen MR) is 140 cm³/mol. The molecule has 7 nitrogen and oxygen atoms in total. The number of carboxylic acid groups (broad SMARTS) is 1. The molecule has 0 radical (unpaired) electrons. The zero-order valence-electron chi connectivity index (χ0n) is 18.3. The first-order valence-corrected chi connectivity index (χ1v) is 12.0. The molecule has 1 heterocycles. The third kappa shape index (κ3) is 5.56. The molecule has 0 amide bonds. The van der Waals surface area contributed by atoms with Gasteiger partial charge in [-0.05, 0) is 53.6 Å². The molecule has 4 aromatic rings. The van der Waals surface area contributed by atoms with Crippen molar-refractivity contribution in [2.24, 2.45) is 5.10 Å². The molecule has 0 atom stereocenters. The van der Waals surface area contributed by atoms with Crippen molar-refractivity contribution >= 4 is 62.2 Å². The second-order valence-corrected chi connectivity index (χ2v) is 9.24. The van der Waals surface area contributed by atoms with Gasteiger partial charge in [0.25, 0.3) is 5.56 Å². The van der Waals surface area contributed by atoms with E-state index in [0.29, 0.717) is 34.3 Å². The van der Waals surface area contributed by atoms with Crippen LogP contribution in [-0.2, 0) is 13.0 Å². The van der Waals surface area contributed by atoms with Crippen molar-refractivity contribution in [1.82, 2.24) is 9.66 Å². The average Bonchev–Trinajstić information content (AvgIpc) is 2.83. The highest BCUT2D eigenvalue weighted by atomic mass is 79.9. The van der Waals surface area contributed by atoms with E-state index in [2.05, 4.69) is 26.0 Å². The third-order valence-electron chi connectivity index (χ3n) is 5.09. The summed E-state index contributed by atoms with van der Waals surface area (Å²) >= 11 is 16.2. The Hall–Kier alpha value is -3.20. The van der Waals surface area contributed by atoms with Gasteiger partial charge in [0, 0.05) is 10.9 Å². The van der Waals surface area contributed by atoms with E-state index in [1.807, 2.05) is 13.0 Å². The summed E-state index contributed by atoms with van der Waals surface area (Å²) in [5.41, 5.74) is 1.69. The molecule has 10 heteroatoms. The lowest BCUT2D eigenvalue weighted by Gasteiger charge is -2.11. The first kappa shape index (κ1) is 24.9. The van der Waals surface area contributed by atoms with Gasteiger partial charge < -0.3 is 9.84 Å².